The lowest BCUT2D eigenvalue weighted by Gasteiger charge is -2.14. The first-order valence-corrected chi connectivity index (χ1v) is 8.92. The van der Waals surface area contributed by atoms with Gasteiger partial charge >= 0.3 is 0 Å². The molecule has 0 aliphatic carbocycles. The quantitative estimate of drug-likeness (QED) is 0.662. The van der Waals surface area contributed by atoms with Crippen LogP contribution < -0.4 is 25.4 Å². The highest BCUT2D eigenvalue weighted by Crippen LogP contribution is 2.42. The number of fused-ring (bicyclic) bond motifs is 1. The van der Waals surface area contributed by atoms with Crippen molar-refractivity contribution in [3.63, 3.8) is 0 Å². The van der Waals surface area contributed by atoms with Gasteiger partial charge in [-0.1, -0.05) is 6.92 Å². The van der Waals surface area contributed by atoms with E-state index in [-0.39, 0.29) is 11.8 Å². The van der Waals surface area contributed by atoms with Crippen LogP contribution in [0.15, 0.2) is 42.1 Å². The van der Waals surface area contributed by atoms with E-state index in [4.69, 9.17) is 9.47 Å². The van der Waals surface area contributed by atoms with E-state index in [1.807, 2.05) is 19.1 Å². The maximum Gasteiger partial charge on any atom is 0.258 e. The molecule has 1 aliphatic heterocycles. The predicted molar refractivity (Wildman–Crippen MR) is 110 cm³/mol. The third kappa shape index (κ3) is 3.78. The van der Waals surface area contributed by atoms with Crippen molar-refractivity contribution in [3.05, 3.63) is 47.7 Å². The van der Waals surface area contributed by atoms with Crippen molar-refractivity contribution in [2.75, 3.05) is 30.2 Å². The summed E-state index contributed by atoms with van der Waals surface area (Å²) in [4.78, 5) is 23.8. The summed E-state index contributed by atoms with van der Waals surface area (Å²) >= 11 is 0. The molecule has 0 bridgehead atoms. The SMILES string of the molecule is CC/C(Nc1ccc(NC(C)=O)cc1)=C1\C(=O)Nc2cc(OC)c(OC)cc21. The number of hydrogen-bond acceptors (Lipinski definition) is 5. The second-order valence-corrected chi connectivity index (χ2v) is 6.30. The van der Waals surface area contributed by atoms with Crippen molar-refractivity contribution in [1.82, 2.24) is 0 Å². The van der Waals surface area contributed by atoms with Crippen LogP contribution in [0.5, 0.6) is 11.5 Å². The van der Waals surface area contributed by atoms with E-state index in [0.717, 1.165) is 16.9 Å². The van der Waals surface area contributed by atoms with Crippen LogP contribution in [0.1, 0.15) is 25.8 Å². The zero-order chi connectivity index (χ0) is 20.3. The van der Waals surface area contributed by atoms with Gasteiger partial charge in [-0.25, -0.2) is 0 Å². The van der Waals surface area contributed by atoms with E-state index in [1.165, 1.54) is 6.92 Å². The number of amides is 2. The molecule has 7 nitrogen and oxygen atoms in total. The van der Waals surface area contributed by atoms with E-state index >= 15 is 0 Å². The highest BCUT2D eigenvalue weighted by atomic mass is 16.5. The van der Waals surface area contributed by atoms with Gasteiger partial charge in [0.05, 0.1) is 25.5 Å². The maximum atomic E-state index is 12.7. The highest BCUT2D eigenvalue weighted by molar-refractivity contribution is 6.32. The molecule has 28 heavy (non-hydrogen) atoms. The van der Waals surface area contributed by atoms with Gasteiger partial charge in [-0.05, 0) is 36.8 Å². The molecule has 2 aromatic rings. The number of allylic oxidation sites excluding steroid dienone is 1. The third-order valence-electron chi connectivity index (χ3n) is 4.42. The molecule has 1 heterocycles. The Morgan fingerprint density at radius 3 is 2.11 bits per heavy atom. The Morgan fingerprint density at radius 1 is 1.00 bits per heavy atom. The molecule has 0 aromatic heterocycles. The van der Waals surface area contributed by atoms with Crippen molar-refractivity contribution >= 4 is 34.4 Å². The Kier molecular flexibility index (Phi) is 5.54. The molecule has 3 N–H and O–H groups in total. The summed E-state index contributed by atoms with van der Waals surface area (Å²) in [7, 11) is 3.12. The molecule has 0 saturated heterocycles. The average molecular weight is 381 g/mol. The molecule has 0 atom stereocenters. The third-order valence-corrected chi connectivity index (χ3v) is 4.42. The van der Waals surface area contributed by atoms with E-state index in [1.54, 1.807) is 38.5 Å². The molecular formula is C21H23N3O4. The fraction of sp³-hybridized carbons (Fsp3) is 0.238. The summed E-state index contributed by atoms with van der Waals surface area (Å²) in [6.07, 6.45) is 0.629. The zero-order valence-corrected chi connectivity index (χ0v) is 16.3. The minimum absolute atomic E-state index is 0.124. The van der Waals surface area contributed by atoms with Gasteiger partial charge in [0, 0.05) is 35.6 Å². The van der Waals surface area contributed by atoms with Gasteiger partial charge in [-0.15, -0.1) is 0 Å². The molecule has 1 aliphatic rings. The number of rotatable bonds is 6. The monoisotopic (exact) mass is 381 g/mol. The van der Waals surface area contributed by atoms with Gasteiger partial charge in [0.1, 0.15) is 0 Å². The van der Waals surface area contributed by atoms with Crippen molar-refractivity contribution in [2.24, 2.45) is 0 Å². The summed E-state index contributed by atoms with van der Waals surface area (Å²) in [5, 5.41) is 8.94. The van der Waals surface area contributed by atoms with Crippen LogP contribution in [-0.2, 0) is 9.59 Å². The molecule has 0 saturated carbocycles. The van der Waals surface area contributed by atoms with Gasteiger partial charge in [-0.3, -0.25) is 9.59 Å². The Labute approximate surface area is 163 Å². The molecule has 0 fully saturated rings. The first-order valence-electron chi connectivity index (χ1n) is 8.92. The number of carbonyl (C=O) groups is 2. The van der Waals surface area contributed by atoms with Crippen molar-refractivity contribution in [1.29, 1.82) is 0 Å². The van der Waals surface area contributed by atoms with Crippen LogP contribution in [-0.4, -0.2) is 26.0 Å². The summed E-state index contributed by atoms with van der Waals surface area (Å²) in [6, 6.07) is 10.9. The first kappa shape index (κ1) is 19.3. The Morgan fingerprint density at radius 2 is 1.57 bits per heavy atom. The van der Waals surface area contributed by atoms with Gasteiger partial charge in [0.2, 0.25) is 5.91 Å². The summed E-state index contributed by atoms with van der Waals surface area (Å²) in [5.41, 5.74) is 4.35. The number of hydrogen-bond donors (Lipinski definition) is 3. The predicted octanol–water partition coefficient (Wildman–Crippen LogP) is 3.85. The highest BCUT2D eigenvalue weighted by Gasteiger charge is 2.29. The largest absolute Gasteiger partial charge is 0.493 e. The number of nitrogens with one attached hydrogen (secondary N) is 3. The summed E-state index contributed by atoms with van der Waals surface area (Å²) < 4.78 is 10.7. The molecule has 7 heteroatoms. The standard InChI is InChI=1S/C21H23N3O4/c1-5-16(23-14-8-6-13(7-9-14)22-12(2)25)20-15-10-18(27-3)19(28-4)11-17(15)24-21(20)26/h6-11,23H,5H2,1-4H3,(H,22,25)(H,24,26)/b20-16+. The van der Waals surface area contributed by atoms with Crippen LogP contribution >= 0.6 is 0 Å². The lowest BCUT2D eigenvalue weighted by atomic mass is 10.0. The average Bonchev–Trinajstić information content (AvgIpc) is 3.00. The maximum absolute atomic E-state index is 12.7. The van der Waals surface area contributed by atoms with Crippen LogP contribution in [0.4, 0.5) is 17.1 Å². The van der Waals surface area contributed by atoms with Crippen molar-refractivity contribution < 1.29 is 19.1 Å². The lowest BCUT2D eigenvalue weighted by Crippen LogP contribution is -2.10. The number of ether oxygens (including phenoxy) is 2. The molecule has 3 rings (SSSR count). The fourth-order valence-electron chi connectivity index (χ4n) is 3.14. The van der Waals surface area contributed by atoms with Crippen molar-refractivity contribution in [2.45, 2.75) is 20.3 Å². The van der Waals surface area contributed by atoms with E-state index in [9.17, 15) is 9.59 Å². The van der Waals surface area contributed by atoms with Crippen LogP contribution in [0.25, 0.3) is 5.57 Å². The number of methoxy groups -OCH3 is 2. The number of anilines is 3. The minimum Gasteiger partial charge on any atom is -0.493 e. The van der Waals surface area contributed by atoms with Gasteiger partial charge in [0.25, 0.3) is 5.91 Å². The Balaban J connectivity index is 1.97. The van der Waals surface area contributed by atoms with E-state index < -0.39 is 0 Å². The van der Waals surface area contributed by atoms with Crippen molar-refractivity contribution in [3.8, 4) is 11.5 Å². The molecule has 0 spiro atoms. The van der Waals surface area contributed by atoms with Crippen LogP contribution in [0.2, 0.25) is 0 Å². The summed E-state index contributed by atoms with van der Waals surface area (Å²) in [6.45, 7) is 3.44. The lowest BCUT2D eigenvalue weighted by molar-refractivity contribution is -0.114. The van der Waals surface area contributed by atoms with E-state index in [2.05, 4.69) is 16.0 Å². The van der Waals surface area contributed by atoms with Gasteiger partial charge < -0.3 is 25.4 Å². The van der Waals surface area contributed by atoms with Gasteiger partial charge in [-0.2, -0.15) is 0 Å². The Bertz CT molecular complexity index is 949. The number of benzene rings is 2. The molecule has 0 radical (unpaired) electrons. The van der Waals surface area contributed by atoms with Crippen LogP contribution in [0.3, 0.4) is 0 Å². The molecule has 2 aromatic carbocycles. The van der Waals surface area contributed by atoms with E-state index in [0.29, 0.717) is 34.9 Å². The number of carbonyl (C=O) groups excluding carboxylic acids is 2. The fourth-order valence-corrected chi connectivity index (χ4v) is 3.14. The normalized spacial score (nSPS) is 14.1. The minimum atomic E-state index is -0.176. The van der Waals surface area contributed by atoms with Crippen LogP contribution in [0, 0.1) is 0 Å². The Hall–Kier alpha value is -3.48. The second kappa shape index (κ2) is 8.04. The topological polar surface area (TPSA) is 88.7 Å². The summed E-state index contributed by atoms with van der Waals surface area (Å²) in [5.74, 6) is 0.818. The smallest absolute Gasteiger partial charge is 0.258 e. The zero-order valence-electron chi connectivity index (χ0n) is 16.3. The second-order valence-electron chi connectivity index (χ2n) is 6.30. The first-order chi connectivity index (χ1) is 13.5. The molecule has 146 valence electrons. The molecular weight excluding hydrogens is 358 g/mol. The molecule has 0 unspecified atom stereocenters. The molecule has 2 amide bonds. The van der Waals surface area contributed by atoms with Gasteiger partial charge in [0.15, 0.2) is 11.5 Å².